The Bertz CT molecular complexity index is 446. The highest BCUT2D eigenvalue weighted by Gasteiger charge is 2.28. The Labute approximate surface area is 114 Å². The molecule has 3 N–H and O–H groups in total. The van der Waals surface area contributed by atoms with Gasteiger partial charge < -0.3 is 20.5 Å². The monoisotopic (exact) mass is 266 g/mol. The summed E-state index contributed by atoms with van der Waals surface area (Å²) in [4.78, 5) is 12.9. The van der Waals surface area contributed by atoms with Gasteiger partial charge >= 0.3 is 5.97 Å². The van der Waals surface area contributed by atoms with Crippen LogP contribution >= 0.6 is 0 Å². The van der Waals surface area contributed by atoms with E-state index < -0.39 is 12.0 Å². The second-order valence-corrected chi connectivity index (χ2v) is 4.70. The molecule has 1 aromatic rings. The highest BCUT2D eigenvalue weighted by molar-refractivity contribution is 5.74. The largest absolute Gasteiger partial charge is 0.496 e. The van der Waals surface area contributed by atoms with Crippen molar-refractivity contribution in [3.8, 4) is 5.75 Å². The number of carboxylic acid groups (broad SMARTS) is 1. The molecule has 0 saturated carbocycles. The lowest BCUT2D eigenvalue weighted by molar-refractivity contribution is -0.140. The maximum atomic E-state index is 11.1. The van der Waals surface area contributed by atoms with Crippen molar-refractivity contribution in [1.29, 1.82) is 0 Å². The zero-order valence-electron chi connectivity index (χ0n) is 11.9. The average Bonchev–Trinajstić information content (AvgIpc) is 2.38. The number of carbonyl (C=O) groups is 1. The van der Waals surface area contributed by atoms with Gasteiger partial charge in [0, 0.05) is 0 Å². The fraction of sp³-hybridized carbons (Fsp3) is 0.500. The summed E-state index contributed by atoms with van der Waals surface area (Å²) in [6.45, 7) is 2.03. The van der Waals surface area contributed by atoms with E-state index in [2.05, 4.69) is 0 Å². The molecule has 0 fully saturated rings. The zero-order chi connectivity index (χ0) is 14.6. The number of rotatable bonds is 6. The number of likely N-dealkylation sites (N-methyl/N-ethyl adjacent to an activating group) is 1. The van der Waals surface area contributed by atoms with Gasteiger partial charge in [-0.1, -0.05) is 19.1 Å². The Morgan fingerprint density at radius 3 is 2.53 bits per heavy atom. The lowest BCUT2D eigenvalue weighted by Crippen LogP contribution is -2.43. The second kappa shape index (κ2) is 6.54. The van der Waals surface area contributed by atoms with Crippen LogP contribution in [0, 0.1) is 0 Å². The fourth-order valence-electron chi connectivity index (χ4n) is 2.22. The lowest BCUT2D eigenvalue weighted by atomic mass is 9.96. The quantitative estimate of drug-likeness (QED) is 0.811. The number of nitrogens with zero attached hydrogens (tertiary/aromatic N) is 1. The number of aliphatic carboxylic acids is 1. The summed E-state index contributed by atoms with van der Waals surface area (Å²) in [5.41, 5.74) is 7.72. The van der Waals surface area contributed by atoms with Crippen molar-refractivity contribution in [1.82, 2.24) is 4.90 Å². The van der Waals surface area contributed by atoms with Crippen molar-refractivity contribution >= 4 is 5.97 Å². The molecule has 0 aliphatic rings. The summed E-state index contributed by atoms with van der Waals surface area (Å²) >= 11 is 0. The van der Waals surface area contributed by atoms with E-state index in [1.165, 1.54) is 0 Å². The predicted octanol–water partition coefficient (Wildman–Crippen LogP) is 1.27. The summed E-state index contributed by atoms with van der Waals surface area (Å²) in [5, 5.41) is 9.11. The molecule has 19 heavy (non-hydrogen) atoms. The Morgan fingerprint density at radius 2 is 2.11 bits per heavy atom. The lowest BCUT2D eigenvalue weighted by Gasteiger charge is -2.28. The third-order valence-corrected chi connectivity index (χ3v) is 3.21. The van der Waals surface area contributed by atoms with Crippen LogP contribution in [-0.2, 0) is 11.2 Å². The first-order valence-corrected chi connectivity index (χ1v) is 6.24. The highest BCUT2D eigenvalue weighted by Crippen LogP contribution is 2.27. The van der Waals surface area contributed by atoms with Gasteiger partial charge in [0.25, 0.3) is 0 Å². The summed E-state index contributed by atoms with van der Waals surface area (Å²) in [6.07, 6.45) is 0.819. The molecule has 0 aliphatic carbocycles. The molecule has 0 aromatic heterocycles. The molecule has 5 nitrogen and oxygen atoms in total. The van der Waals surface area contributed by atoms with E-state index in [9.17, 15) is 4.79 Å². The zero-order valence-corrected chi connectivity index (χ0v) is 11.9. The topological polar surface area (TPSA) is 75.8 Å². The van der Waals surface area contributed by atoms with Crippen molar-refractivity contribution in [2.24, 2.45) is 5.73 Å². The molecule has 2 unspecified atom stereocenters. The number of methoxy groups -OCH3 is 1. The van der Waals surface area contributed by atoms with Gasteiger partial charge in [-0.2, -0.15) is 0 Å². The van der Waals surface area contributed by atoms with Gasteiger partial charge in [0.2, 0.25) is 0 Å². The summed E-state index contributed by atoms with van der Waals surface area (Å²) in [6, 6.07) is 4.36. The molecule has 5 heteroatoms. The van der Waals surface area contributed by atoms with Crippen LogP contribution < -0.4 is 10.5 Å². The number of nitrogens with two attached hydrogens (primary N) is 1. The maximum absolute atomic E-state index is 11.1. The number of hydrogen-bond donors (Lipinski definition) is 2. The van der Waals surface area contributed by atoms with Crippen LogP contribution in [0.1, 0.15) is 24.1 Å². The molecule has 1 rings (SSSR count). The smallest absolute Gasteiger partial charge is 0.322 e. The van der Waals surface area contributed by atoms with E-state index in [1.807, 2.05) is 44.1 Å². The third-order valence-electron chi connectivity index (χ3n) is 3.21. The normalized spacial score (nSPS) is 14.2. The van der Waals surface area contributed by atoms with E-state index in [1.54, 1.807) is 7.11 Å². The molecule has 0 radical (unpaired) electrons. The third kappa shape index (κ3) is 3.45. The summed E-state index contributed by atoms with van der Waals surface area (Å²) in [5.74, 6) is -0.194. The Kier molecular flexibility index (Phi) is 5.32. The minimum absolute atomic E-state index is 0.367. The molecule has 0 heterocycles. The Balaban J connectivity index is 3.20. The van der Waals surface area contributed by atoms with Gasteiger partial charge in [0.1, 0.15) is 11.8 Å². The Morgan fingerprint density at radius 1 is 1.47 bits per heavy atom. The highest BCUT2D eigenvalue weighted by atomic mass is 16.5. The van der Waals surface area contributed by atoms with Crippen molar-refractivity contribution < 1.29 is 14.6 Å². The van der Waals surface area contributed by atoms with Crippen LogP contribution in [0.25, 0.3) is 0 Å². The standard InChI is InChI=1S/C14H22N2O3/c1-5-9-8-10(6-7-11(9)19-4)13(16(2)3)12(15)14(17)18/h6-8,12-13H,5,15H2,1-4H3,(H,17,18). The SMILES string of the molecule is CCc1cc(C(C(N)C(=O)O)N(C)C)ccc1OC. The van der Waals surface area contributed by atoms with Gasteiger partial charge in [-0.25, -0.2) is 0 Å². The van der Waals surface area contributed by atoms with Crippen molar-refractivity contribution in [2.75, 3.05) is 21.2 Å². The van der Waals surface area contributed by atoms with Gasteiger partial charge in [-0.15, -0.1) is 0 Å². The molecule has 1 aromatic carbocycles. The van der Waals surface area contributed by atoms with Gasteiger partial charge in [-0.05, 0) is 37.7 Å². The van der Waals surface area contributed by atoms with Crippen LogP contribution in [0.15, 0.2) is 18.2 Å². The average molecular weight is 266 g/mol. The minimum Gasteiger partial charge on any atom is -0.496 e. The van der Waals surface area contributed by atoms with Crippen molar-refractivity contribution in [3.05, 3.63) is 29.3 Å². The molecule has 106 valence electrons. The molecule has 0 bridgehead atoms. The first-order valence-electron chi connectivity index (χ1n) is 6.24. The molecular weight excluding hydrogens is 244 g/mol. The molecule has 2 atom stereocenters. The number of hydrogen-bond acceptors (Lipinski definition) is 4. The minimum atomic E-state index is -1.01. The Hall–Kier alpha value is -1.59. The van der Waals surface area contributed by atoms with Gasteiger partial charge in [0.05, 0.1) is 13.2 Å². The molecule has 0 amide bonds. The van der Waals surface area contributed by atoms with Crippen LogP contribution in [0.5, 0.6) is 5.75 Å². The van der Waals surface area contributed by atoms with E-state index in [-0.39, 0.29) is 6.04 Å². The summed E-state index contributed by atoms with van der Waals surface area (Å²) in [7, 11) is 5.27. The molecule has 0 spiro atoms. The van der Waals surface area contributed by atoms with E-state index in [0.29, 0.717) is 0 Å². The fourth-order valence-corrected chi connectivity index (χ4v) is 2.22. The molecule has 0 saturated heterocycles. The predicted molar refractivity (Wildman–Crippen MR) is 74.4 cm³/mol. The van der Waals surface area contributed by atoms with Crippen molar-refractivity contribution in [2.45, 2.75) is 25.4 Å². The van der Waals surface area contributed by atoms with E-state index in [4.69, 9.17) is 15.6 Å². The molecule has 0 aliphatic heterocycles. The number of ether oxygens (including phenoxy) is 1. The molecular formula is C14H22N2O3. The second-order valence-electron chi connectivity index (χ2n) is 4.70. The van der Waals surface area contributed by atoms with Crippen LogP contribution in [0.4, 0.5) is 0 Å². The number of benzene rings is 1. The number of carboxylic acids is 1. The maximum Gasteiger partial charge on any atom is 0.322 e. The number of aryl methyl sites for hydroxylation is 1. The van der Waals surface area contributed by atoms with Crippen LogP contribution in [0.3, 0.4) is 0 Å². The van der Waals surface area contributed by atoms with Gasteiger partial charge in [0.15, 0.2) is 0 Å². The van der Waals surface area contributed by atoms with Crippen LogP contribution in [0.2, 0.25) is 0 Å². The van der Waals surface area contributed by atoms with Gasteiger partial charge in [-0.3, -0.25) is 4.79 Å². The van der Waals surface area contributed by atoms with Crippen LogP contribution in [-0.4, -0.2) is 43.2 Å². The van der Waals surface area contributed by atoms with E-state index in [0.717, 1.165) is 23.3 Å². The summed E-state index contributed by atoms with van der Waals surface area (Å²) < 4.78 is 5.28. The van der Waals surface area contributed by atoms with Crippen molar-refractivity contribution in [3.63, 3.8) is 0 Å². The first kappa shape index (κ1) is 15.5. The van der Waals surface area contributed by atoms with E-state index >= 15 is 0 Å². The first-order chi connectivity index (χ1) is 8.92.